The molecule has 2 heteroatoms. The molecule has 2 nitrogen and oxygen atoms in total. The van der Waals surface area contributed by atoms with E-state index in [4.69, 9.17) is 9.84 Å². The molecule has 0 rings (SSSR count). The van der Waals surface area contributed by atoms with E-state index in [0.717, 1.165) is 0 Å². The minimum absolute atomic E-state index is 0.107. The van der Waals surface area contributed by atoms with E-state index < -0.39 is 0 Å². The zero-order chi connectivity index (χ0) is 8.20. The molecule has 0 heterocycles. The van der Waals surface area contributed by atoms with E-state index in [0.29, 0.717) is 12.5 Å². The number of hydrogen-bond acceptors (Lipinski definition) is 2. The number of hydrogen-bond donors (Lipinski definition) is 1. The molecule has 0 saturated carbocycles. The molecule has 1 N–H and O–H groups in total. The first-order valence-corrected chi connectivity index (χ1v) is 3.75. The molecule has 0 atom stereocenters. The van der Waals surface area contributed by atoms with Crippen molar-refractivity contribution in [3.05, 3.63) is 0 Å². The Morgan fingerprint density at radius 3 is 2.20 bits per heavy atom. The summed E-state index contributed by atoms with van der Waals surface area (Å²) in [5.74, 6) is 0.485. The SMILES string of the molecule is CC(C)C(C)(C)OCCO. The van der Waals surface area contributed by atoms with Crippen LogP contribution < -0.4 is 0 Å². The molecule has 0 saturated heterocycles. The van der Waals surface area contributed by atoms with Crippen molar-refractivity contribution in [2.45, 2.75) is 33.3 Å². The summed E-state index contributed by atoms with van der Waals surface area (Å²) in [5, 5.41) is 8.49. The summed E-state index contributed by atoms with van der Waals surface area (Å²) in [7, 11) is 0. The second-order valence-corrected chi connectivity index (χ2v) is 3.33. The maximum absolute atomic E-state index is 8.49. The number of aliphatic hydroxyl groups excluding tert-OH is 1. The van der Waals surface area contributed by atoms with Gasteiger partial charge in [-0.1, -0.05) is 13.8 Å². The van der Waals surface area contributed by atoms with Crippen LogP contribution in [0.3, 0.4) is 0 Å². The summed E-state index contributed by atoms with van der Waals surface area (Å²) in [6, 6.07) is 0. The molecule has 0 amide bonds. The molecule has 0 radical (unpaired) electrons. The Balaban J connectivity index is 3.63. The first-order chi connectivity index (χ1) is 4.50. The average molecular weight is 146 g/mol. The first kappa shape index (κ1) is 9.92. The zero-order valence-corrected chi connectivity index (χ0v) is 7.35. The van der Waals surface area contributed by atoms with E-state index in [2.05, 4.69) is 13.8 Å². The molecule has 0 aliphatic carbocycles. The van der Waals surface area contributed by atoms with Crippen LogP contribution in [-0.2, 0) is 4.74 Å². The fraction of sp³-hybridized carbons (Fsp3) is 1.00. The van der Waals surface area contributed by atoms with Gasteiger partial charge >= 0.3 is 0 Å². The summed E-state index contributed by atoms with van der Waals surface area (Å²) in [6.45, 7) is 8.83. The number of ether oxygens (including phenoxy) is 1. The van der Waals surface area contributed by atoms with E-state index in [1.807, 2.05) is 13.8 Å². The monoisotopic (exact) mass is 146 g/mol. The van der Waals surface area contributed by atoms with E-state index in [9.17, 15) is 0 Å². The Hall–Kier alpha value is -0.0800. The highest BCUT2D eigenvalue weighted by atomic mass is 16.5. The lowest BCUT2D eigenvalue weighted by molar-refractivity contribution is -0.0620. The van der Waals surface area contributed by atoms with Gasteiger partial charge in [0.25, 0.3) is 0 Å². The van der Waals surface area contributed by atoms with Crippen LogP contribution in [0.4, 0.5) is 0 Å². The van der Waals surface area contributed by atoms with Gasteiger partial charge in [-0.05, 0) is 19.8 Å². The highest BCUT2D eigenvalue weighted by Crippen LogP contribution is 2.19. The van der Waals surface area contributed by atoms with E-state index >= 15 is 0 Å². The predicted molar refractivity (Wildman–Crippen MR) is 42.0 cm³/mol. The van der Waals surface area contributed by atoms with Gasteiger partial charge in [0, 0.05) is 0 Å². The molecule has 0 aromatic rings. The first-order valence-electron chi connectivity index (χ1n) is 3.75. The normalized spacial score (nSPS) is 12.6. The Bertz CT molecular complexity index is 87.3. The van der Waals surface area contributed by atoms with E-state index in [1.165, 1.54) is 0 Å². The molecule has 0 aliphatic rings. The third kappa shape index (κ3) is 3.18. The van der Waals surface area contributed by atoms with Crippen LogP contribution in [-0.4, -0.2) is 23.9 Å². The van der Waals surface area contributed by atoms with Gasteiger partial charge in [0.05, 0.1) is 18.8 Å². The van der Waals surface area contributed by atoms with Crippen LogP contribution in [0.2, 0.25) is 0 Å². The van der Waals surface area contributed by atoms with Gasteiger partial charge < -0.3 is 9.84 Å². The summed E-state index contributed by atoms with van der Waals surface area (Å²) in [4.78, 5) is 0. The molecule has 0 aromatic heterocycles. The van der Waals surface area contributed by atoms with Gasteiger partial charge in [-0.3, -0.25) is 0 Å². The summed E-state index contributed by atoms with van der Waals surface area (Å²) < 4.78 is 5.39. The van der Waals surface area contributed by atoms with Crippen molar-refractivity contribution in [3.63, 3.8) is 0 Å². The molecule has 62 valence electrons. The Morgan fingerprint density at radius 1 is 1.40 bits per heavy atom. The standard InChI is InChI=1S/C8H18O2/c1-7(2)8(3,4)10-6-5-9/h7,9H,5-6H2,1-4H3. The maximum atomic E-state index is 8.49. The van der Waals surface area contributed by atoms with Gasteiger partial charge in [-0.25, -0.2) is 0 Å². The van der Waals surface area contributed by atoms with Crippen LogP contribution in [0.5, 0.6) is 0 Å². The van der Waals surface area contributed by atoms with Crippen molar-refractivity contribution < 1.29 is 9.84 Å². The molecule has 10 heavy (non-hydrogen) atoms. The van der Waals surface area contributed by atoms with Gasteiger partial charge in [-0.15, -0.1) is 0 Å². The van der Waals surface area contributed by atoms with E-state index in [1.54, 1.807) is 0 Å². The Kier molecular flexibility index (Phi) is 3.91. The lowest BCUT2D eigenvalue weighted by atomic mass is 9.95. The minimum Gasteiger partial charge on any atom is -0.394 e. The van der Waals surface area contributed by atoms with E-state index in [-0.39, 0.29) is 12.2 Å². The van der Waals surface area contributed by atoms with Gasteiger partial charge in [0.2, 0.25) is 0 Å². The largest absolute Gasteiger partial charge is 0.394 e. The Morgan fingerprint density at radius 2 is 1.90 bits per heavy atom. The highest BCUT2D eigenvalue weighted by Gasteiger charge is 2.21. The topological polar surface area (TPSA) is 29.5 Å². The van der Waals surface area contributed by atoms with Crippen molar-refractivity contribution in [2.24, 2.45) is 5.92 Å². The van der Waals surface area contributed by atoms with Crippen LogP contribution in [0, 0.1) is 5.92 Å². The van der Waals surface area contributed by atoms with Crippen molar-refractivity contribution >= 4 is 0 Å². The van der Waals surface area contributed by atoms with Gasteiger partial charge in [0.1, 0.15) is 0 Å². The Labute approximate surface area is 63.2 Å². The lowest BCUT2D eigenvalue weighted by Crippen LogP contribution is -2.32. The second kappa shape index (κ2) is 3.94. The van der Waals surface area contributed by atoms with Crippen molar-refractivity contribution in [1.82, 2.24) is 0 Å². The van der Waals surface area contributed by atoms with Gasteiger partial charge in [-0.2, -0.15) is 0 Å². The lowest BCUT2D eigenvalue weighted by Gasteiger charge is -2.29. The minimum atomic E-state index is -0.108. The molecule has 0 aromatic carbocycles. The quantitative estimate of drug-likeness (QED) is 0.650. The summed E-state index contributed by atoms with van der Waals surface area (Å²) in [5.41, 5.74) is -0.108. The molecule has 0 aliphatic heterocycles. The second-order valence-electron chi connectivity index (χ2n) is 3.33. The average Bonchev–Trinajstić information content (AvgIpc) is 1.84. The van der Waals surface area contributed by atoms with Crippen LogP contribution >= 0.6 is 0 Å². The van der Waals surface area contributed by atoms with Crippen LogP contribution in [0.1, 0.15) is 27.7 Å². The van der Waals surface area contributed by atoms with Crippen molar-refractivity contribution in [2.75, 3.05) is 13.2 Å². The fourth-order valence-corrected chi connectivity index (χ4v) is 0.475. The number of aliphatic hydroxyl groups is 1. The van der Waals surface area contributed by atoms with Crippen molar-refractivity contribution in [3.8, 4) is 0 Å². The molecule has 0 fully saturated rings. The predicted octanol–water partition coefficient (Wildman–Crippen LogP) is 1.43. The molecule has 0 bridgehead atoms. The molecule has 0 spiro atoms. The van der Waals surface area contributed by atoms with Gasteiger partial charge in [0.15, 0.2) is 0 Å². The fourth-order valence-electron chi connectivity index (χ4n) is 0.475. The molecule has 0 unspecified atom stereocenters. The highest BCUT2D eigenvalue weighted by molar-refractivity contribution is 4.71. The molecular formula is C8H18O2. The number of rotatable bonds is 4. The smallest absolute Gasteiger partial charge is 0.0705 e. The molecular weight excluding hydrogens is 128 g/mol. The zero-order valence-electron chi connectivity index (χ0n) is 7.35. The maximum Gasteiger partial charge on any atom is 0.0705 e. The third-order valence-corrected chi connectivity index (χ3v) is 1.96. The summed E-state index contributed by atoms with van der Waals surface area (Å²) >= 11 is 0. The van der Waals surface area contributed by atoms with Crippen LogP contribution in [0.15, 0.2) is 0 Å². The van der Waals surface area contributed by atoms with Crippen molar-refractivity contribution in [1.29, 1.82) is 0 Å². The third-order valence-electron chi connectivity index (χ3n) is 1.96. The summed E-state index contributed by atoms with van der Waals surface area (Å²) in [6.07, 6.45) is 0. The van der Waals surface area contributed by atoms with Crippen LogP contribution in [0.25, 0.3) is 0 Å².